The molecule has 0 atom stereocenters. The van der Waals surface area contributed by atoms with E-state index in [2.05, 4.69) is 10.1 Å². The zero-order chi connectivity index (χ0) is 18.1. The van der Waals surface area contributed by atoms with Crippen LogP contribution in [0.1, 0.15) is 11.3 Å². The smallest absolute Gasteiger partial charge is 0.296 e. The molecule has 1 N–H and O–H groups in total. The average Bonchev–Trinajstić information content (AvgIpc) is 3.05. The Morgan fingerprint density at radius 3 is 2.85 bits per heavy atom. The lowest BCUT2D eigenvalue weighted by Crippen LogP contribution is -2.18. The fourth-order valence-corrected chi connectivity index (χ4v) is 3.57. The van der Waals surface area contributed by atoms with Crippen molar-refractivity contribution in [2.24, 2.45) is 0 Å². The molecule has 0 radical (unpaired) electrons. The number of aromatic nitrogens is 3. The molecule has 4 aromatic rings. The average molecular weight is 365 g/mol. The van der Waals surface area contributed by atoms with Gasteiger partial charge < -0.3 is 9.84 Å². The third-order valence-corrected chi connectivity index (χ3v) is 4.85. The fourth-order valence-electron chi connectivity index (χ4n) is 2.75. The highest BCUT2D eigenvalue weighted by atomic mass is 32.1. The minimum Gasteiger partial charge on any atom is -0.507 e. The van der Waals surface area contributed by atoms with Crippen LogP contribution in [0.25, 0.3) is 16.2 Å². The number of hydrogen-bond donors (Lipinski definition) is 1. The number of phenolic OH excluding ortho intramolecular Hbond substituents is 1. The minimum atomic E-state index is -0.349. The highest BCUT2D eigenvalue weighted by molar-refractivity contribution is 7.15. The molecule has 2 aromatic heterocycles. The first-order valence-electron chi connectivity index (χ1n) is 7.94. The summed E-state index contributed by atoms with van der Waals surface area (Å²) >= 11 is 1.31. The van der Waals surface area contributed by atoms with E-state index in [1.165, 1.54) is 11.3 Å². The van der Waals surface area contributed by atoms with Crippen molar-refractivity contribution in [1.29, 1.82) is 0 Å². The molecule has 0 aliphatic heterocycles. The van der Waals surface area contributed by atoms with Gasteiger partial charge in [-0.3, -0.25) is 4.79 Å². The van der Waals surface area contributed by atoms with E-state index in [0.717, 1.165) is 11.3 Å². The summed E-state index contributed by atoms with van der Waals surface area (Å²) < 4.78 is 6.83. The molecule has 26 heavy (non-hydrogen) atoms. The molecular weight excluding hydrogens is 350 g/mol. The summed E-state index contributed by atoms with van der Waals surface area (Å²) in [5.74, 6) is 0.879. The van der Waals surface area contributed by atoms with Crippen LogP contribution in [0.4, 0.5) is 0 Å². The summed E-state index contributed by atoms with van der Waals surface area (Å²) in [5, 5.41) is 16.5. The van der Waals surface area contributed by atoms with Crippen LogP contribution in [0.2, 0.25) is 0 Å². The van der Waals surface area contributed by atoms with Crippen LogP contribution in [0.3, 0.4) is 0 Å². The first-order chi connectivity index (χ1) is 12.7. The van der Waals surface area contributed by atoms with Gasteiger partial charge in [0.05, 0.1) is 12.8 Å². The lowest BCUT2D eigenvalue weighted by atomic mass is 10.1. The molecule has 7 heteroatoms. The number of aromatic hydroxyl groups is 1. The third kappa shape index (κ3) is 2.93. The van der Waals surface area contributed by atoms with Gasteiger partial charge in [0.25, 0.3) is 5.56 Å². The number of phenols is 1. The summed E-state index contributed by atoms with van der Waals surface area (Å²) in [6.07, 6.45) is 0.349. The van der Waals surface area contributed by atoms with Gasteiger partial charge in [0.15, 0.2) is 0 Å². The van der Waals surface area contributed by atoms with Crippen LogP contribution in [0.5, 0.6) is 11.5 Å². The number of benzene rings is 2. The SMILES string of the molecule is COc1cccc(Cc2nn3c(-c4ccccc4O)csc3nc2=O)c1. The summed E-state index contributed by atoms with van der Waals surface area (Å²) in [5.41, 5.74) is 2.24. The van der Waals surface area contributed by atoms with E-state index in [1.807, 2.05) is 35.7 Å². The summed E-state index contributed by atoms with van der Waals surface area (Å²) in [6.45, 7) is 0. The summed E-state index contributed by atoms with van der Waals surface area (Å²) in [4.78, 5) is 17.0. The Hall–Kier alpha value is -3.19. The molecule has 4 rings (SSSR count). The Morgan fingerprint density at radius 2 is 2.04 bits per heavy atom. The van der Waals surface area contributed by atoms with Crippen molar-refractivity contribution < 1.29 is 9.84 Å². The summed E-state index contributed by atoms with van der Waals surface area (Å²) in [7, 11) is 1.60. The van der Waals surface area contributed by atoms with E-state index in [4.69, 9.17) is 4.74 Å². The van der Waals surface area contributed by atoms with Gasteiger partial charge in [-0.2, -0.15) is 10.1 Å². The van der Waals surface area contributed by atoms with Crippen LogP contribution < -0.4 is 10.3 Å². The van der Waals surface area contributed by atoms with Gasteiger partial charge in [0, 0.05) is 17.4 Å². The molecule has 0 saturated carbocycles. The van der Waals surface area contributed by atoms with E-state index < -0.39 is 0 Å². The predicted octanol–water partition coefficient (Wildman–Crippen LogP) is 3.12. The van der Waals surface area contributed by atoms with Crippen LogP contribution in [0, 0.1) is 0 Å². The van der Waals surface area contributed by atoms with Crippen molar-refractivity contribution in [2.45, 2.75) is 6.42 Å². The number of nitrogens with zero attached hydrogens (tertiary/aromatic N) is 3. The van der Waals surface area contributed by atoms with Crippen LogP contribution >= 0.6 is 11.3 Å². The Balaban J connectivity index is 1.81. The Morgan fingerprint density at radius 1 is 1.19 bits per heavy atom. The van der Waals surface area contributed by atoms with Crippen LogP contribution in [-0.2, 0) is 6.42 Å². The number of para-hydroxylation sites is 1. The second kappa shape index (κ2) is 6.61. The van der Waals surface area contributed by atoms with Crippen molar-refractivity contribution in [2.75, 3.05) is 7.11 Å². The molecule has 2 heterocycles. The molecule has 0 bridgehead atoms. The van der Waals surface area contributed by atoms with E-state index in [-0.39, 0.29) is 11.3 Å². The minimum absolute atomic E-state index is 0.155. The number of methoxy groups -OCH3 is 1. The van der Waals surface area contributed by atoms with E-state index in [0.29, 0.717) is 28.3 Å². The topological polar surface area (TPSA) is 76.7 Å². The van der Waals surface area contributed by atoms with Gasteiger partial charge >= 0.3 is 0 Å². The second-order valence-electron chi connectivity index (χ2n) is 5.72. The van der Waals surface area contributed by atoms with Crippen molar-refractivity contribution in [3.63, 3.8) is 0 Å². The van der Waals surface area contributed by atoms with Gasteiger partial charge in [-0.25, -0.2) is 4.52 Å². The molecule has 0 unspecified atom stereocenters. The maximum Gasteiger partial charge on any atom is 0.296 e. The largest absolute Gasteiger partial charge is 0.507 e. The van der Waals surface area contributed by atoms with E-state index in [1.54, 1.807) is 29.8 Å². The Labute approximate surface area is 153 Å². The maximum atomic E-state index is 12.3. The van der Waals surface area contributed by atoms with Gasteiger partial charge in [0.2, 0.25) is 4.96 Å². The number of fused-ring (bicyclic) bond motifs is 1. The predicted molar refractivity (Wildman–Crippen MR) is 100 cm³/mol. The van der Waals surface area contributed by atoms with Gasteiger partial charge in [-0.15, -0.1) is 11.3 Å². The molecule has 6 nitrogen and oxygen atoms in total. The normalized spacial score (nSPS) is 11.0. The highest BCUT2D eigenvalue weighted by Gasteiger charge is 2.14. The van der Waals surface area contributed by atoms with E-state index in [9.17, 15) is 9.90 Å². The standard InChI is InChI=1S/C19H15N3O3S/c1-25-13-6-4-5-12(9-13)10-15-18(24)20-19-22(21-15)16(11-26-19)14-7-2-3-8-17(14)23/h2-9,11,23H,10H2,1H3. The van der Waals surface area contributed by atoms with Gasteiger partial charge in [0.1, 0.15) is 17.2 Å². The van der Waals surface area contributed by atoms with Crippen molar-refractivity contribution >= 4 is 16.3 Å². The zero-order valence-corrected chi connectivity index (χ0v) is 14.7. The Bertz CT molecular complexity index is 1150. The lowest BCUT2D eigenvalue weighted by molar-refractivity contribution is 0.414. The van der Waals surface area contributed by atoms with Crippen LogP contribution in [-0.4, -0.2) is 26.8 Å². The molecule has 0 amide bonds. The first-order valence-corrected chi connectivity index (χ1v) is 8.82. The Kier molecular flexibility index (Phi) is 4.14. The molecule has 0 spiro atoms. The molecule has 0 saturated heterocycles. The highest BCUT2D eigenvalue weighted by Crippen LogP contribution is 2.30. The van der Waals surface area contributed by atoms with Crippen molar-refractivity contribution in [3.8, 4) is 22.8 Å². The van der Waals surface area contributed by atoms with Crippen molar-refractivity contribution in [1.82, 2.24) is 14.6 Å². The van der Waals surface area contributed by atoms with Crippen molar-refractivity contribution in [3.05, 3.63) is 75.5 Å². The molecule has 0 aliphatic rings. The lowest BCUT2D eigenvalue weighted by Gasteiger charge is -2.06. The van der Waals surface area contributed by atoms with Gasteiger partial charge in [-0.1, -0.05) is 24.3 Å². The monoisotopic (exact) mass is 365 g/mol. The molecular formula is C19H15N3O3S. The van der Waals surface area contributed by atoms with Gasteiger partial charge in [-0.05, 0) is 29.8 Å². The van der Waals surface area contributed by atoms with E-state index >= 15 is 0 Å². The zero-order valence-electron chi connectivity index (χ0n) is 13.9. The molecule has 2 aromatic carbocycles. The number of thiazole rings is 1. The molecule has 130 valence electrons. The number of ether oxygens (including phenoxy) is 1. The quantitative estimate of drug-likeness (QED) is 0.601. The number of hydrogen-bond acceptors (Lipinski definition) is 6. The van der Waals surface area contributed by atoms with Crippen LogP contribution in [0.15, 0.2) is 58.7 Å². The number of rotatable bonds is 4. The fraction of sp³-hybridized carbons (Fsp3) is 0.105. The molecule has 0 fully saturated rings. The molecule has 0 aliphatic carbocycles. The third-order valence-electron chi connectivity index (χ3n) is 4.04. The summed E-state index contributed by atoms with van der Waals surface area (Å²) in [6, 6.07) is 14.5. The first kappa shape index (κ1) is 16.3. The second-order valence-corrected chi connectivity index (χ2v) is 6.56. The maximum absolute atomic E-state index is 12.3.